The molecule has 0 N–H and O–H groups in total. The van der Waals surface area contributed by atoms with Gasteiger partial charge in [0.25, 0.3) is 0 Å². The largest absolute Gasteiger partial charge is 0.309 e. The van der Waals surface area contributed by atoms with Crippen molar-refractivity contribution in [3.05, 3.63) is 212 Å². The summed E-state index contributed by atoms with van der Waals surface area (Å²) in [6.45, 7) is 0. The van der Waals surface area contributed by atoms with E-state index < -0.39 is 281 Å². The van der Waals surface area contributed by atoms with E-state index in [4.69, 9.17) is 27.4 Å². The van der Waals surface area contributed by atoms with Crippen LogP contribution in [-0.4, -0.2) is 13.7 Å². The van der Waals surface area contributed by atoms with Gasteiger partial charge in [-0.05, 0) is 94.8 Å². The van der Waals surface area contributed by atoms with E-state index in [1.54, 1.807) is 0 Å². The third kappa shape index (κ3) is 4.79. The molecule has 3 heteroatoms. The van der Waals surface area contributed by atoms with E-state index in [2.05, 4.69) is 0 Å². The summed E-state index contributed by atoms with van der Waals surface area (Å²) in [6.07, 6.45) is 0. The molecule has 0 fully saturated rings. The summed E-state index contributed by atoms with van der Waals surface area (Å²) < 4.78 is 284. The van der Waals surface area contributed by atoms with Gasteiger partial charge in [0, 0.05) is 43.7 Å². The lowest BCUT2D eigenvalue weighted by Gasteiger charge is -2.13. The second kappa shape index (κ2) is 12.5. The predicted molar refractivity (Wildman–Crippen MR) is 240 cm³/mol. The number of para-hydroxylation sites is 4. The van der Waals surface area contributed by atoms with Crippen molar-refractivity contribution in [3.63, 3.8) is 0 Å². The molecule has 57 heavy (non-hydrogen) atoms. The predicted octanol–water partition coefficient (Wildman–Crippen LogP) is 14.3. The van der Waals surface area contributed by atoms with Crippen molar-refractivity contribution >= 4 is 65.4 Å². The molecule has 0 bridgehead atoms. The highest BCUT2D eigenvalue weighted by molar-refractivity contribution is 6.17. The van der Waals surface area contributed by atoms with E-state index >= 15 is 0 Å². The molecule has 3 nitrogen and oxygen atoms in total. The van der Waals surface area contributed by atoms with Crippen LogP contribution in [0.4, 0.5) is 0 Å². The Balaban J connectivity index is 1.27. The molecule has 12 rings (SSSR count). The van der Waals surface area contributed by atoms with Gasteiger partial charge in [0.1, 0.15) is 0 Å². The number of benzene rings is 9. The molecular weight excluding hydrogens is 691 g/mol. The van der Waals surface area contributed by atoms with Crippen LogP contribution < -0.4 is 0 Å². The number of aromatic nitrogens is 3. The summed E-state index contributed by atoms with van der Waals surface area (Å²) in [6, 6.07) is -21.6. The highest BCUT2D eigenvalue weighted by Gasteiger charge is 2.21. The molecule has 0 atom stereocenters. The van der Waals surface area contributed by atoms with Gasteiger partial charge in [-0.25, -0.2) is 0 Å². The molecule has 12 aromatic rings. The van der Waals surface area contributed by atoms with Crippen LogP contribution in [0.25, 0.3) is 105 Å². The second-order valence-corrected chi connectivity index (χ2v) is 12.6. The van der Waals surface area contributed by atoms with Crippen molar-refractivity contribution in [2.45, 2.75) is 0 Å². The Labute approximate surface area is 373 Å². The zero-order valence-corrected chi connectivity index (χ0v) is 28.7. The summed E-state index contributed by atoms with van der Waals surface area (Å²) in [7, 11) is 0. The highest BCUT2D eigenvalue weighted by Crippen LogP contribution is 2.41. The molecule has 0 radical (unpaired) electrons. The minimum absolute atomic E-state index is 0.145. The van der Waals surface area contributed by atoms with Gasteiger partial charge in [0.2, 0.25) is 0 Å². The molecule has 0 amide bonds. The fourth-order valence-electron chi connectivity index (χ4n) is 7.26. The average molecular weight is 757 g/mol. The topological polar surface area (TPSA) is 14.8 Å². The van der Waals surface area contributed by atoms with Crippen molar-refractivity contribution in [1.82, 2.24) is 13.7 Å². The first kappa shape index (κ1) is 13.8. The number of nitrogens with zero attached hydrogens (tertiary/aromatic N) is 3. The van der Waals surface area contributed by atoms with E-state index in [1.165, 1.54) is 24.3 Å². The van der Waals surface area contributed by atoms with Crippen molar-refractivity contribution in [2.24, 2.45) is 0 Å². The quantitative estimate of drug-likeness (QED) is 0.166. The van der Waals surface area contributed by atoms with E-state index in [9.17, 15) is 15.1 Å². The molecule has 0 unspecified atom stereocenters. The summed E-state index contributed by atoms with van der Waals surface area (Å²) in [5.41, 5.74) is -6.98. The Kier molecular flexibility index (Phi) is 3.02. The lowest BCUT2D eigenvalue weighted by molar-refractivity contribution is 1.16. The Bertz CT molecular complexity index is 5240. The summed E-state index contributed by atoms with van der Waals surface area (Å²) in [5.74, 6) is 0. The van der Waals surface area contributed by atoms with Crippen LogP contribution in [0.2, 0.25) is 0 Å². The molecule has 0 spiro atoms. The molecule has 3 aromatic heterocycles. The number of fused-ring (bicyclic) bond motifs is 9. The molecule has 0 aliphatic rings. The smallest absolute Gasteiger partial charge is 0.0652 e. The second-order valence-electron chi connectivity index (χ2n) is 12.6. The Morgan fingerprint density at radius 2 is 0.825 bits per heavy atom. The first-order valence-electron chi connectivity index (χ1n) is 32.6. The van der Waals surface area contributed by atoms with Gasteiger partial charge in [0.15, 0.2) is 0 Å². The van der Waals surface area contributed by atoms with Gasteiger partial charge in [-0.2, -0.15) is 0 Å². The molecule has 266 valence electrons. The van der Waals surface area contributed by atoms with E-state index in [1.807, 2.05) is 0 Å². The normalized spacial score (nSPS) is 19.5. The molecular formula is C54H35N3. The van der Waals surface area contributed by atoms with Gasteiger partial charge in [-0.3, -0.25) is 0 Å². The van der Waals surface area contributed by atoms with Gasteiger partial charge >= 0.3 is 0 Å². The maximum atomic E-state index is 10.1. The van der Waals surface area contributed by atoms with Crippen molar-refractivity contribution in [3.8, 4) is 39.3 Å². The van der Waals surface area contributed by atoms with Gasteiger partial charge in [-0.1, -0.05) is 139 Å². The fraction of sp³-hybridized carbons (Fsp3) is 0. The first-order valence-corrected chi connectivity index (χ1v) is 17.1. The van der Waals surface area contributed by atoms with Crippen LogP contribution in [0.15, 0.2) is 212 Å². The first-order chi connectivity index (χ1) is 41.2. The summed E-state index contributed by atoms with van der Waals surface area (Å²) in [4.78, 5) is 0. The number of hydrogen-bond donors (Lipinski definition) is 0. The van der Waals surface area contributed by atoms with Crippen LogP contribution in [0.1, 0.15) is 42.5 Å². The van der Waals surface area contributed by atoms with Crippen molar-refractivity contribution in [1.29, 1.82) is 0 Å². The average Bonchev–Trinajstić information content (AvgIpc) is 1.52. The Hall–Kier alpha value is -7.62. The van der Waals surface area contributed by atoms with Crippen LogP contribution in [0, 0.1) is 0 Å². The molecule has 0 aliphatic carbocycles. The monoisotopic (exact) mass is 756 g/mol. The third-order valence-corrected chi connectivity index (χ3v) is 9.59. The highest BCUT2D eigenvalue weighted by atomic mass is 15.0. The van der Waals surface area contributed by atoms with Crippen LogP contribution in [-0.2, 0) is 0 Å². The lowest BCUT2D eigenvalue weighted by atomic mass is 9.99. The standard InChI is InChI=1S/C54H35N3/c1-2-15-36(16-3-1)37-17-12-18-38(33-37)39-19-13-20-40(34-39)56-50-28-11-7-24-45(50)54-52(56)29-14-30-53(54)57-49-27-10-6-23-44(49)46-35-41(31-32-51(46)57)55-47-25-8-4-21-42(47)43-22-5-9-26-48(43)55/h1-35H/i1D,2D,3D,4D,5D,6D,7D,8D,9D,10D,11D,12D,14D,15D,16D,17D,18D,21D,22D,23D,24D,25D,26D,27D,28D,29D,30D,31D,32D,33D,35D. The molecule has 0 saturated carbocycles. The SMILES string of the molecule is [2H]c1c([2H])c([2H])c(-c2c([2H])c([2H])c([2H])c(-c3cccc(-n4c5c([2H])c([2H])c([2H])c([2H])c5c5c(-n6c7c([2H])c([2H])c([2H])c([2H])c7c7c([2H])c(-n8c9c([2H])c([2H])c([2H])c([2H])c9c9c([2H])c([2H])c([2H])c([2H])c98)c([2H])c([2H])c76)c([2H])c([2H])c([2H])c54)c3)c2[2H])c([2H])c1[2H]. The minimum Gasteiger partial charge on any atom is -0.309 e. The maximum absolute atomic E-state index is 10.1. The summed E-state index contributed by atoms with van der Waals surface area (Å²) in [5, 5.41) is -3.21. The van der Waals surface area contributed by atoms with E-state index in [0.29, 0.717) is 0 Å². The van der Waals surface area contributed by atoms with Crippen molar-refractivity contribution < 1.29 is 42.5 Å². The number of rotatable bonds is 5. The van der Waals surface area contributed by atoms with Gasteiger partial charge in [0.05, 0.1) is 81.3 Å². The van der Waals surface area contributed by atoms with Gasteiger partial charge < -0.3 is 13.7 Å². The van der Waals surface area contributed by atoms with Crippen LogP contribution in [0.5, 0.6) is 0 Å². The Morgan fingerprint density at radius 3 is 1.54 bits per heavy atom. The van der Waals surface area contributed by atoms with E-state index in [0.717, 1.165) is 13.7 Å². The molecule has 0 aliphatic heterocycles. The van der Waals surface area contributed by atoms with Gasteiger partial charge in [-0.15, -0.1) is 0 Å². The lowest BCUT2D eigenvalue weighted by Crippen LogP contribution is -1.97. The maximum Gasteiger partial charge on any atom is 0.0652 e. The number of hydrogen-bond acceptors (Lipinski definition) is 0. The van der Waals surface area contributed by atoms with Crippen molar-refractivity contribution in [2.75, 3.05) is 0 Å². The molecule has 3 heterocycles. The Morgan fingerprint density at radius 1 is 0.316 bits per heavy atom. The minimum atomic E-state index is -1.03. The third-order valence-electron chi connectivity index (χ3n) is 9.59. The molecule has 9 aromatic carbocycles. The zero-order chi connectivity index (χ0) is 64.4. The summed E-state index contributed by atoms with van der Waals surface area (Å²) >= 11 is 0. The van der Waals surface area contributed by atoms with Crippen LogP contribution in [0.3, 0.4) is 0 Å². The molecule has 0 saturated heterocycles. The fourth-order valence-corrected chi connectivity index (χ4v) is 7.26. The zero-order valence-electron chi connectivity index (χ0n) is 59.7. The van der Waals surface area contributed by atoms with Crippen LogP contribution >= 0.6 is 0 Å². The van der Waals surface area contributed by atoms with E-state index in [-0.39, 0.29) is 11.3 Å².